The monoisotopic (exact) mass is 342 g/mol. The zero-order chi connectivity index (χ0) is 17.5. The number of nitrogens with one attached hydrogen (secondary N) is 1. The lowest BCUT2D eigenvalue weighted by Crippen LogP contribution is -2.44. The first kappa shape index (κ1) is 17.2. The molecule has 1 N–H and O–H groups in total. The van der Waals surface area contributed by atoms with Gasteiger partial charge in [-0.05, 0) is 31.0 Å². The van der Waals surface area contributed by atoms with E-state index in [2.05, 4.69) is 10.3 Å². The Kier molecular flexibility index (Phi) is 5.79. The lowest BCUT2D eigenvalue weighted by molar-refractivity contribution is -0.384. The van der Waals surface area contributed by atoms with Crippen LogP contribution < -0.4 is 15.0 Å². The molecule has 0 radical (unpaired) electrons. The second-order valence-electron chi connectivity index (χ2n) is 5.98. The van der Waals surface area contributed by atoms with E-state index in [1.54, 1.807) is 12.3 Å². The van der Waals surface area contributed by atoms with Crippen molar-refractivity contribution in [2.45, 2.75) is 18.9 Å². The van der Waals surface area contributed by atoms with E-state index < -0.39 is 0 Å². The van der Waals surface area contributed by atoms with Crippen LogP contribution in [0.1, 0.15) is 12.8 Å². The molecule has 132 valence electrons. The fourth-order valence-corrected chi connectivity index (χ4v) is 3.02. The van der Waals surface area contributed by atoms with Gasteiger partial charge in [-0.25, -0.2) is 4.98 Å². The van der Waals surface area contributed by atoms with Crippen LogP contribution in [0, 0.1) is 10.1 Å². The van der Waals surface area contributed by atoms with E-state index in [0.29, 0.717) is 18.5 Å². The van der Waals surface area contributed by atoms with Crippen molar-refractivity contribution in [2.24, 2.45) is 0 Å². The number of hydrogen-bond acceptors (Lipinski definition) is 6. The van der Waals surface area contributed by atoms with Crippen LogP contribution in [0.15, 0.2) is 48.7 Å². The number of aromatic nitrogens is 1. The van der Waals surface area contributed by atoms with Crippen molar-refractivity contribution in [2.75, 3.05) is 31.1 Å². The summed E-state index contributed by atoms with van der Waals surface area (Å²) in [7, 11) is 0. The maximum Gasteiger partial charge on any atom is 0.311 e. The van der Waals surface area contributed by atoms with Crippen molar-refractivity contribution >= 4 is 11.5 Å². The summed E-state index contributed by atoms with van der Waals surface area (Å²) >= 11 is 0. The van der Waals surface area contributed by atoms with Gasteiger partial charge < -0.3 is 15.0 Å². The van der Waals surface area contributed by atoms with Crippen LogP contribution in [-0.2, 0) is 0 Å². The van der Waals surface area contributed by atoms with Gasteiger partial charge in [0.25, 0.3) is 0 Å². The van der Waals surface area contributed by atoms with Crippen molar-refractivity contribution in [1.82, 2.24) is 10.3 Å². The summed E-state index contributed by atoms with van der Waals surface area (Å²) in [5.41, 5.74) is 0.0742. The molecule has 0 atom stereocenters. The molecule has 3 rings (SSSR count). The average molecular weight is 342 g/mol. The van der Waals surface area contributed by atoms with E-state index in [-0.39, 0.29) is 10.6 Å². The summed E-state index contributed by atoms with van der Waals surface area (Å²) in [5.74, 6) is 1.35. The Labute approximate surface area is 146 Å². The first-order chi connectivity index (χ1) is 12.2. The van der Waals surface area contributed by atoms with Gasteiger partial charge in [-0.15, -0.1) is 0 Å². The van der Waals surface area contributed by atoms with E-state index in [1.165, 1.54) is 6.07 Å². The molecule has 2 aromatic rings. The van der Waals surface area contributed by atoms with Crippen LogP contribution in [0.2, 0.25) is 0 Å². The molecule has 0 amide bonds. The summed E-state index contributed by atoms with van der Waals surface area (Å²) in [6, 6.07) is 13.3. The maximum absolute atomic E-state index is 11.1. The summed E-state index contributed by atoms with van der Waals surface area (Å²) in [6.07, 6.45) is 3.46. The largest absolute Gasteiger partial charge is 0.492 e. The zero-order valence-corrected chi connectivity index (χ0v) is 14.0. The molecule has 2 heterocycles. The van der Waals surface area contributed by atoms with Crippen LogP contribution in [-0.4, -0.2) is 42.2 Å². The second-order valence-corrected chi connectivity index (χ2v) is 5.98. The minimum absolute atomic E-state index is 0.0742. The van der Waals surface area contributed by atoms with Crippen molar-refractivity contribution in [1.29, 1.82) is 0 Å². The molecule has 0 spiro atoms. The Bertz CT molecular complexity index is 688. The Hall–Kier alpha value is -2.67. The van der Waals surface area contributed by atoms with Gasteiger partial charge in [-0.1, -0.05) is 18.2 Å². The molecule has 1 fully saturated rings. The number of pyridine rings is 1. The molecule has 0 saturated carbocycles. The van der Waals surface area contributed by atoms with Crippen LogP contribution in [0.3, 0.4) is 0 Å². The van der Waals surface area contributed by atoms with Gasteiger partial charge >= 0.3 is 5.69 Å². The predicted octanol–water partition coefficient (Wildman–Crippen LogP) is 2.63. The van der Waals surface area contributed by atoms with E-state index in [1.807, 2.05) is 35.2 Å². The highest BCUT2D eigenvalue weighted by Crippen LogP contribution is 2.27. The highest BCUT2D eigenvalue weighted by Gasteiger charge is 2.25. The fourth-order valence-electron chi connectivity index (χ4n) is 3.02. The van der Waals surface area contributed by atoms with E-state index in [4.69, 9.17) is 4.74 Å². The highest BCUT2D eigenvalue weighted by atomic mass is 16.6. The lowest BCUT2D eigenvalue weighted by Gasteiger charge is -2.32. The van der Waals surface area contributed by atoms with Gasteiger partial charge in [0.2, 0.25) is 5.82 Å². The Morgan fingerprint density at radius 1 is 1.20 bits per heavy atom. The number of para-hydroxylation sites is 1. The third-order valence-corrected chi connectivity index (χ3v) is 4.30. The number of ether oxygens (including phenoxy) is 1. The molecule has 1 aromatic heterocycles. The molecule has 0 unspecified atom stereocenters. The van der Waals surface area contributed by atoms with E-state index in [0.717, 1.165) is 38.2 Å². The average Bonchev–Trinajstić information content (AvgIpc) is 2.66. The topological polar surface area (TPSA) is 80.5 Å². The molecular formula is C18H22N4O3. The first-order valence-electron chi connectivity index (χ1n) is 8.49. The zero-order valence-electron chi connectivity index (χ0n) is 14.0. The third-order valence-electron chi connectivity index (χ3n) is 4.30. The summed E-state index contributed by atoms with van der Waals surface area (Å²) in [5, 5.41) is 14.6. The summed E-state index contributed by atoms with van der Waals surface area (Å²) in [4.78, 5) is 17.0. The second kappa shape index (κ2) is 8.43. The van der Waals surface area contributed by atoms with Gasteiger partial charge in [0.05, 0.1) is 4.92 Å². The van der Waals surface area contributed by atoms with Gasteiger partial charge in [0.15, 0.2) is 0 Å². The maximum atomic E-state index is 11.1. The smallest absolute Gasteiger partial charge is 0.311 e. The molecule has 1 aliphatic heterocycles. The van der Waals surface area contributed by atoms with Gasteiger partial charge in [-0.3, -0.25) is 10.1 Å². The number of anilines is 1. The summed E-state index contributed by atoms with van der Waals surface area (Å²) in [6.45, 7) is 2.92. The fraction of sp³-hybridized carbons (Fsp3) is 0.389. The van der Waals surface area contributed by atoms with Crippen molar-refractivity contribution < 1.29 is 9.66 Å². The van der Waals surface area contributed by atoms with E-state index in [9.17, 15) is 10.1 Å². The number of rotatable bonds is 7. The third kappa shape index (κ3) is 4.67. The SMILES string of the molecule is O=[N+]([O-])c1cccnc1N1CCC(NCCOc2ccccc2)CC1. The predicted molar refractivity (Wildman–Crippen MR) is 96.1 cm³/mol. The van der Waals surface area contributed by atoms with E-state index >= 15 is 0 Å². The minimum Gasteiger partial charge on any atom is -0.492 e. The molecular weight excluding hydrogens is 320 g/mol. The van der Waals surface area contributed by atoms with Crippen LogP contribution in [0.5, 0.6) is 5.75 Å². The standard InChI is InChI=1S/C18H22N4O3/c23-22(24)17-7-4-10-20-18(17)21-12-8-15(9-13-21)19-11-14-25-16-5-2-1-3-6-16/h1-7,10,15,19H,8-9,11-14H2. The van der Waals surface area contributed by atoms with Crippen LogP contribution >= 0.6 is 0 Å². The van der Waals surface area contributed by atoms with Crippen LogP contribution in [0.25, 0.3) is 0 Å². The molecule has 0 aliphatic carbocycles. The van der Waals surface area contributed by atoms with Crippen molar-refractivity contribution in [3.63, 3.8) is 0 Å². The van der Waals surface area contributed by atoms with Gasteiger partial charge in [-0.2, -0.15) is 0 Å². The van der Waals surface area contributed by atoms with Gasteiger partial charge in [0, 0.05) is 37.9 Å². The molecule has 1 aliphatic rings. The quantitative estimate of drug-likeness (QED) is 0.473. The Morgan fingerprint density at radius 2 is 1.96 bits per heavy atom. The summed E-state index contributed by atoms with van der Waals surface area (Å²) < 4.78 is 5.67. The number of nitrogens with zero attached hydrogens (tertiary/aromatic N) is 3. The van der Waals surface area contributed by atoms with Gasteiger partial charge in [0.1, 0.15) is 12.4 Å². The lowest BCUT2D eigenvalue weighted by atomic mass is 10.0. The highest BCUT2D eigenvalue weighted by molar-refractivity contribution is 5.57. The number of hydrogen-bond donors (Lipinski definition) is 1. The molecule has 1 saturated heterocycles. The van der Waals surface area contributed by atoms with Crippen molar-refractivity contribution in [3.8, 4) is 5.75 Å². The van der Waals surface area contributed by atoms with Crippen molar-refractivity contribution in [3.05, 3.63) is 58.8 Å². The molecule has 7 nitrogen and oxygen atoms in total. The molecule has 0 bridgehead atoms. The number of nitro groups is 1. The Balaban J connectivity index is 1.42. The first-order valence-corrected chi connectivity index (χ1v) is 8.49. The molecule has 7 heteroatoms. The number of benzene rings is 1. The molecule has 1 aromatic carbocycles. The molecule has 25 heavy (non-hydrogen) atoms. The minimum atomic E-state index is -0.367. The Morgan fingerprint density at radius 3 is 2.68 bits per heavy atom. The normalized spacial score (nSPS) is 15.1. The number of piperidine rings is 1. The van der Waals surface area contributed by atoms with Crippen LogP contribution in [0.4, 0.5) is 11.5 Å².